The Kier molecular flexibility index (Phi) is 6.57. The van der Waals surface area contributed by atoms with E-state index in [9.17, 15) is 26.4 Å². The van der Waals surface area contributed by atoms with Crippen LogP contribution >= 0.6 is 0 Å². The first-order chi connectivity index (χ1) is 10.5. The Balaban J connectivity index is 2.75. The van der Waals surface area contributed by atoms with Crippen LogP contribution in [0.1, 0.15) is 5.56 Å². The zero-order valence-electron chi connectivity index (χ0n) is 12.9. The van der Waals surface area contributed by atoms with Crippen LogP contribution in [0.4, 0.5) is 13.2 Å². The molecular formula is C14H19F3N2O3S. The first kappa shape index (κ1) is 19.4. The highest BCUT2D eigenvalue weighted by Gasteiger charge is 2.35. The summed E-state index contributed by atoms with van der Waals surface area (Å²) in [6.45, 7) is 1.16. The van der Waals surface area contributed by atoms with Gasteiger partial charge in [0.2, 0.25) is 5.91 Å². The summed E-state index contributed by atoms with van der Waals surface area (Å²) in [6, 6.07) is 4.90. The molecule has 1 aromatic carbocycles. The third kappa shape index (κ3) is 6.57. The predicted molar refractivity (Wildman–Crippen MR) is 79.8 cm³/mol. The molecule has 0 saturated carbocycles. The molecular weight excluding hydrogens is 333 g/mol. The molecule has 0 unspecified atom stereocenters. The fourth-order valence-corrected chi connectivity index (χ4v) is 2.98. The van der Waals surface area contributed by atoms with Crippen molar-refractivity contribution in [1.82, 2.24) is 10.2 Å². The lowest BCUT2D eigenvalue weighted by atomic mass is 10.1. The fourth-order valence-electron chi connectivity index (χ4n) is 1.83. The number of carbonyl (C=O) groups excluding carboxylic acids is 1. The van der Waals surface area contributed by atoms with Gasteiger partial charge in [0, 0.05) is 20.1 Å². The molecule has 0 aliphatic heterocycles. The van der Waals surface area contributed by atoms with Crippen LogP contribution in [0.15, 0.2) is 29.2 Å². The normalized spacial score (nSPS) is 12.2. The summed E-state index contributed by atoms with van der Waals surface area (Å²) in [7, 11) is -1.02. The number of benzene rings is 1. The van der Waals surface area contributed by atoms with Gasteiger partial charge in [0.1, 0.15) is 0 Å². The summed E-state index contributed by atoms with van der Waals surface area (Å²) < 4.78 is 59.9. The maximum atomic E-state index is 12.2. The summed E-state index contributed by atoms with van der Waals surface area (Å²) in [6.07, 6.45) is -4.73. The van der Waals surface area contributed by atoms with Crippen LogP contribution in [-0.2, 0) is 21.1 Å². The SMILES string of the molecule is CNCCN(C)C(=O)Cc1ccc(S(=O)(=O)CC(F)(F)F)cc1. The van der Waals surface area contributed by atoms with E-state index in [2.05, 4.69) is 5.32 Å². The third-order valence-electron chi connectivity index (χ3n) is 3.11. The van der Waals surface area contributed by atoms with Crippen LogP contribution < -0.4 is 5.32 Å². The average Bonchev–Trinajstić information content (AvgIpc) is 2.42. The van der Waals surface area contributed by atoms with E-state index in [0.717, 1.165) is 12.1 Å². The van der Waals surface area contributed by atoms with Crippen LogP contribution in [0.2, 0.25) is 0 Å². The molecule has 0 atom stereocenters. The number of carbonyl (C=O) groups is 1. The first-order valence-corrected chi connectivity index (χ1v) is 8.47. The molecule has 0 bridgehead atoms. The van der Waals surface area contributed by atoms with Gasteiger partial charge in [-0.05, 0) is 24.7 Å². The van der Waals surface area contributed by atoms with E-state index < -0.39 is 26.7 Å². The minimum absolute atomic E-state index is 0.0554. The van der Waals surface area contributed by atoms with E-state index in [0.29, 0.717) is 18.7 Å². The lowest BCUT2D eigenvalue weighted by Crippen LogP contribution is -2.33. The topological polar surface area (TPSA) is 66.5 Å². The summed E-state index contributed by atoms with van der Waals surface area (Å²) in [5, 5.41) is 2.91. The van der Waals surface area contributed by atoms with Crippen LogP contribution in [0, 0.1) is 0 Å². The molecule has 0 fully saturated rings. The molecule has 9 heteroatoms. The average molecular weight is 352 g/mol. The van der Waals surface area contributed by atoms with Gasteiger partial charge in [0.15, 0.2) is 15.6 Å². The molecule has 130 valence electrons. The second-order valence-electron chi connectivity index (χ2n) is 5.11. The number of amides is 1. The summed E-state index contributed by atoms with van der Waals surface area (Å²) in [5.74, 6) is -2.06. The van der Waals surface area contributed by atoms with Crippen molar-refractivity contribution in [2.45, 2.75) is 17.5 Å². The number of rotatable bonds is 7. The molecule has 5 nitrogen and oxygen atoms in total. The highest BCUT2D eigenvalue weighted by atomic mass is 32.2. The minimum atomic E-state index is -4.79. The molecule has 23 heavy (non-hydrogen) atoms. The van der Waals surface area contributed by atoms with Gasteiger partial charge in [-0.15, -0.1) is 0 Å². The number of hydrogen-bond acceptors (Lipinski definition) is 4. The molecule has 0 aliphatic carbocycles. The van der Waals surface area contributed by atoms with Crippen molar-refractivity contribution in [2.75, 3.05) is 32.9 Å². The minimum Gasteiger partial charge on any atom is -0.344 e. The Labute approximate surface area is 133 Å². The number of likely N-dealkylation sites (N-methyl/N-ethyl adjacent to an activating group) is 2. The van der Waals surface area contributed by atoms with Gasteiger partial charge >= 0.3 is 6.18 Å². The monoisotopic (exact) mass is 352 g/mol. The van der Waals surface area contributed by atoms with Gasteiger partial charge in [0.25, 0.3) is 0 Å². The molecule has 0 aromatic heterocycles. The number of hydrogen-bond donors (Lipinski definition) is 1. The summed E-state index contributed by atoms with van der Waals surface area (Å²) in [5.41, 5.74) is 0.539. The van der Waals surface area contributed by atoms with Gasteiger partial charge in [-0.1, -0.05) is 12.1 Å². The van der Waals surface area contributed by atoms with Crippen LogP contribution in [0.3, 0.4) is 0 Å². The van der Waals surface area contributed by atoms with E-state index in [-0.39, 0.29) is 12.3 Å². The summed E-state index contributed by atoms with van der Waals surface area (Å²) in [4.78, 5) is 13.0. The standard InChI is InChI=1S/C14H19F3N2O3S/c1-18-7-8-19(2)13(20)9-11-3-5-12(6-4-11)23(21,22)10-14(15,16)17/h3-6,18H,7-10H2,1-2H3. The van der Waals surface area contributed by atoms with E-state index in [1.54, 1.807) is 14.1 Å². The van der Waals surface area contributed by atoms with Crippen molar-refractivity contribution in [3.8, 4) is 0 Å². The quantitative estimate of drug-likeness (QED) is 0.802. The van der Waals surface area contributed by atoms with Crippen molar-refractivity contribution in [3.63, 3.8) is 0 Å². The molecule has 1 N–H and O–H groups in total. The summed E-state index contributed by atoms with van der Waals surface area (Å²) >= 11 is 0. The maximum absolute atomic E-state index is 12.2. The van der Waals surface area contributed by atoms with Gasteiger partial charge in [-0.2, -0.15) is 13.2 Å². The van der Waals surface area contributed by atoms with E-state index in [4.69, 9.17) is 0 Å². The number of nitrogens with zero attached hydrogens (tertiary/aromatic N) is 1. The first-order valence-electron chi connectivity index (χ1n) is 6.82. The van der Waals surface area contributed by atoms with Gasteiger partial charge in [-0.3, -0.25) is 4.79 Å². The Morgan fingerprint density at radius 2 is 1.78 bits per heavy atom. The third-order valence-corrected chi connectivity index (χ3v) is 4.81. The maximum Gasteiger partial charge on any atom is 0.403 e. The highest BCUT2D eigenvalue weighted by molar-refractivity contribution is 7.91. The largest absolute Gasteiger partial charge is 0.403 e. The van der Waals surface area contributed by atoms with E-state index >= 15 is 0 Å². The highest BCUT2D eigenvalue weighted by Crippen LogP contribution is 2.22. The molecule has 1 amide bonds. The number of halogens is 3. The molecule has 0 radical (unpaired) electrons. The van der Waals surface area contributed by atoms with Crippen molar-refractivity contribution < 1.29 is 26.4 Å². The second kappa shape index (κ2) is 7.78. The smallest absolute Gasteiger partial charge is 0.344 e. The van der Waals surface area contributed by atoms with Crippen LogP contribution in [-0.4, -0.2) is 58.3 Å². The molecule has 0 saturated heterocycles. The fraction of sp³-hybridized carbons (Fsp3) is 0.500. The molecule has 0 spiro atoms. The zero-order chi connectivity index (χ0) is 17.7. The number of sulfone groups is 1. The Morgan fingerprint density at radius 3 is 2.26 bits per heavy atom. The molecule has 0 aliphatic rings. The molecule has 0 heterocycles. The zero-order valence-corrected chi connectivity index (χ0v) is 13.7. The van der Waals surface area contributed by atoms with Gasteiger partial charge < -0.3 is 10.2 Å². The molecule has 1 aromatic rings. The predicted octanol–water partition coefficient (Wildman–Crippen LogP) is 1.24. The lowest BCUT2D eigenvalue weighted by Gasteiger charge is -2.17. The van der Waals surface area contributed by atoms with Crippen molar-refractivity contribution in [1.29, 1.82) is 0 Å². The van der Waals surface area contributed by atoms with Crippen molar-refractivity contribution in [3.05, 3.63) is 29.8 Å². The van der Waals surface area contributed by atoms with Gasteiger partial charge in [0.05, 0.1) is 11.3 Å². The Morgan fingerprint density at radius 1 is 1.22 bits per heavy atom. The van der Waals surface area contributed by atoms with E-state index in [1.165, 1.54) is 17.0 Å². The Bertz CT molecular complexity index is 628. The number of alkyl halides is 3. The van der Waals surface area contributed by atoms with Crippen LogP contribution in [0.25, 0.3) is 0 Å². The second-order valence-corrected chi connectivity index (χ2v) is 7.10. The Hall–Kier alpha value is -1.61. The van der Waals surface area contributed by atoms with Crippen molar-refractivity contribution in [2.24, 2.45) is 0 Å². The van der Waals surface area contributed by atoms with Crippen molar-refractivity contribution >= 4 is 15.7 Å². The molecule has 1 rings (SSSR count). The lowest BCUT2D eigenvalue weighted by molar-refractivity contribution is -0.129. The van der Waals surface area contributed by atoms with E-state index in [1.807, 2.05) is 0 Å². The number of nitrogens with one attached hydrogen (secondary N) is 1. The van der Waals surface area contributed by atoms with Gasteiger partial charge in [-0.25, -0.2) is 8.42 Å². The van der Waals surface area contributed by atoms with Crippen LogP contribution in [0.5, 0.6) is 0 Å².